The van der Waals surface area contributed by atoms with Gasteiger partial charge in [-0.1, -0.05) is 15.9 Å². The number of halogens is 1. The van der Waals surface area contributed by atoms with Crippen molar-refractivity contribution in [3.63, 3.8) is 0 Å². The Labute approximate surface area is 90.7 Å². The van der Waals surface area contributed by atoms with Gasteiger partial charge in [0.05, 0.1) is 6.10 Å². The predicted octanol–water partition coefficient (Wildman–Crippen LogP) is 1.46. The van der Waals surface area contributed by atoms with Gasteiger partial charge in [0.25, 0.3) is 0 Å². The van der Waals surface area contributed by atoms with Crippen molar-refractivity contribution in [1.82, 2.24) is 0 Å². The summed E-state index contributed by atoms with van der Waals surface area (Å²) in [4.78, 5) is 0. The van der Waals surface area contributed by atoms with E-state index in [1.54, 1.807) is 18.2 Å². The third-order valence-electron chi connectivity index (χ3n) is 2.69. The number of hydrogen-bond donors (Lipinski definition) is 3. The zero-order chi connectivity index (χ0) is 10.3. The van der Waals surface area contributed by atoms with Gasteiger partial charge in [0, 0.05) is 10.0 Å². The summed E-state index contributed by atoms with van der Waals surface area (Å²) in [5, 5.41) is 18.6. The lowest BCUT2D eigenvalue weighted by atomic mass is 9.70. The maximum absolute atomic E-state index is 9.35. The smallest absolute Gasteiger partial charge is 0.116 e. The van der Waals surface area contributed by atoms with Gasteiger partial charge >= 0.3 is 0 Å². The molecule has 0 radical (unpaired) electrons. The molecule has 1 aliphatic rings. The first-order valence-corrected chi connectivity index (χ1v) is 5.26. The molecule has 0 unspecified atom stereocenters. The average Bonchev–Trinajstić information content (AvgIpc) is 2.07. The van der Waals surface area contributed by atoms with E-state index in [1.807, 2.05) is 0 Å². The highest BCUT2D eigenvalue weighted by Crippen LogP contribution is 2.42. The third-order valence-corrected chi connectivity index (χ3v) is 3.38. The molecule has 76 valence electrons. The van der Waals surface area contributed by atoms with Crippen molar-refractivity contribution in [2.75, 3.05) is 0 Å². The minimum absolute atomic E-state index is 0.203. The standard InChI is InChI=1S/C10H12BrNO2/c11-9-2-1-6(13)3-8(9)10(12)4-7(14)5-10/h1-3,7,13-14H,4-5,12H2. The molecule has 1 saturated carbocycles. The predicted molar refractivity (Wildman–Crippen MR) is 56.9 cm³/mol. The molecule has 1 aromatic carbocycles. The largest absolute Gasteiger partial charge is 0.508 e. The molecule has 4 heteroatoms. The fourth-order valence-electron chi connectivity index (χ4n) is 1.90. The van der Waals surface area contributed by atoms with Crippen molar-refractivity contribution in [2.24, 2.45) is 5.73 Å². The Bertz CT molecular complexity index is 361. The van der Waals surface area contributed by atoms with E-state index in [2.05, 4.69) is 15.9 Å². The van der Waals surface area contributed by atoms with Gasteiger partial charge in [-0.05, 0) is 36.6 Å². The van der Waals surface area contributed by atoms with Crippen LogP contribution in [0.1, 0.15) is 18.4 Å². The molecule has 1 aliphatic carbocycles. The van der Waals surface area contributed by atoms with Crippen LogP contribution in [0.15, 0.2) is 22.7 Å². The Hall–Kier alpha value is -0.580. The molecule has 14 heavy (non-hydrogen) atoms. The van der Waals surface area contributed by atoms with Crippen molar-refractivity contribution < 1.29 is 10.2 Å². The molecule has 0 heterocycles. The van der Waals surface area contributed by atoms with Gasteiger partial charge in [-0.25, -0.2) is 0 Å². The third kappa shape index (κ3) is 1.54. The molecule has 1 fully saturated rings. The summed E-state index contributed by atoms with van der Waals surface area (Å²) in [7, 11) is 0. The number of aliphatic hydroxyl groups is 1. The normalized spacial score (nSPS) is 31.2. The highest BCUT2D eigenvalue weighted by Gasteiger charge is 2.42. The molecule has 0 aromatic heterocycles. The highest BCUT2D eigenvalue weighted by atomic mass is 79.9. The summed E-state index contributed by atoms with van der Waals surface area (Å²) in [6.07, 6.45) is 0.790. The lowest BCUT2D eigenvalue weighted by molar-refractivity contribution is 0.0205. The number of phenolic OH excluding ortho intramolecular Hbond substituents is 1. The van der Waals surface area contributed by atoms with Crippen molar-refractivity contribution in [3.05, 3.63) is 28.2 Å². The summed E-state index contributed by atoms with van der Waals surface area (Å²) in [5.41, 5.74) is 6.46. The quantitative estimate of drug-likeness (QED) is 0.714. The van der Waals surface area contributed by atoms with Crippen LogP contribution in [-0.4, -0.2) is 16.3 Å². The first-order chi connectivity index (χ1) is 6.51. The average molecular weight is 258 g/mol. The molecule has 3 nitrogen and oxygen atoms in total. The monoisotopic (exact) mass is 257 g/mol. The second-order valence-corrected chi connectivity index (χ2v) is 4.74. The molecule has 4 N–H and O–H groups in total. The van der Waals surface area contributed by atoms with Crippen LogP contribution in [0.25, 0.3) is 0 Å². The molecule has 0 atom stereocenters. The van der Waals surface area contributed by atoms with Crippen LogP contribution in [0.5, 0.6) is 5.75 Å². The Morgan fingerprint density at radius 3 is 2.64 bits per heavy atom. The van der Waals surface area contributed by atoms with Gasteiger partial charge < -0.3 is 15.9 Å². The minimum atomic E-state index is -0.489. The number of hydrogen-bond acceptors (Lipinski definition) is 3. The lowest BCUT2D eigenvalue weighted by Gasteiger charge is -2.43. The number of aliphatic hydroxyl groups excluding tert-OH is 1. The van der Waals surface area contributed by atoms with Crippen molar-refractivity contribution in [3.8, 4) is 5.75 Å². The number of aromatic hydroxyl groups is 1. The van der Waals surface area contributed by atoms with Crippen LogP contribution in [0.4, 0.5) is 0 Å². The molecule has 0 aliphatic heterocycles. The van der Waals surface area contributed by atoms with Gasteiger partial charge in [-0.2, -0.15) is 0 Å². The number of rotatable bonds is 1. The summed E-state index contributed by atoms with van der Waals surface area (Å²) in [6, 6.07) is 5.02. The van der Waals surface area contributed by atoms with Gasteiger partial charge in [0.15, 0.2) is 0 Å². The summed E-state index contributed by atoms with van der Waals surface area (Å²) < 4.78 is 0.879. The SMILES string of the molecule is NC1(c2cc(O)ccc2Br)CC(O)C1. The van der Waals surface area contributed by atoms with E-state index in [0.29, 0.717) is 12.8 Å². The first kappa shape index (κ1) is 9.96. The van der Waals surface area contributed by atoms with Crippen molar-refractivity contribution >= 4 is 15.9 Å². The summed E-state index contributed by atoms with van der Waals surface area (Å²) >= 11 is 3.39. The van der Waals surface area contributed by atoms with E-state index >= 15 is 0 Å². The lowest BCUT2D eigenvalue weighted by Crippen LogP contribution is -2.51. The van der Waals surface area contributed by atoms with Crippen LogP contribution in [0.2, 0.25) is 0 Å². The van der Waals surface area contributed by atoms with Gasteiger partial charge in [0.1, 0.15) is 5.75 Å². The molecule has 0 spiro atoms. The van der Waals surface area contributed by atoms with E-state index < -0.39 is 5.54 Å². The molecule has 0 amide bonds. The maximum Gasteiger partial charge on any atom is 0.116 e. The second kappa shape index (κ2) is 3.22. The van der Waals surface area contributed by atoms with Crippen molar-refractivity contribution in [1.29, 1.82) is 0 Å². The Morgan fingerprint density at radius 1 is 1.43 bits per heavy atom. The molecule has 0 bridgehead atoms. The van der Waals surface area contributed by atoms with Crippen LogP contribution in [-0.2, 0) is 5.54 Å². The Morgan fingerprint density at radius 2 is 2.07 bits per heavy atom. The second-order valence-electron chi connectivity index (χ2n) is 3.88. The van der Waals surface area contributed by atoms with Crippen LogP contribution in [0.3, 0.4) is 0 Å². The zero-order valence-electron chi connectivity index (χ0n) is 7.57. The highest BCUT2D eigenvalue weighted by molar-refractivity contribution is 9.10. The number of benzene rings is 1. The first-order valence-electron chi connectivity index (χ1n) is 4.47. The van der Waals surface area contributed by atoms with Gasteiger partial charge in [-0.15, -0.1) is 0 Å². The van der Waals surface area contributed by atoms with E-state index in [-0.39, 0.29) is 11.9 Å². The van der Waals surface area contributed by atoms with E-state index in [0.717, 1.165) is 10.0 Å². The molecule has 2 rings (SSSR count). The van der Waals surface area contributed by atoms with Crippen LogP contribution >= 0.6 is 15.9 Å². The molecule has 1 aromatic rings. The van der Waals surface area contributed by atoms with E-state index in [9.17, 15) is 10.2 Å². The molecule has 0 saturated heterocycles. The van der Waals surface area contributed by atoms with Crippen molar-refractivity contribution in [2.45, 2.75) is 24.5 Å². The van der Waals surface area contributed by atoms with E-state index in [1.165, 1.54) is 0 Å². The zero-order valence-corrected chi connectivity index (χ0v) is 9.16. The van der Waals surface area contributed by atoms with E-state index in [4.69, 9.17) is 5.73 Å². The molecular weight excluding hydrogens is 246 g/mol. The topological polar surface area (TPSA) is 66.5 Å². The summed E-state index contributed by atoms with van der Waals surface area (Å²) in [5.74, 6) is 0.203. The number of phenols is 1. The molecular formula is C10H12BrNO2. The Balaban J connectivity index is 2.36. The fraction of sp³-hybridized carbons (Fsp3) is 0.400. The van der Waals surface area contributed by atoms with Crippen LogP contribution < -0.4 is 5.73 Å². The maximum atomic E-state index is 9.35. The summed E-state index contributed by atoms with van der Waals surface area (Å²) in [6.45, 7) is 0. The minimum Gasteiger partial charge on any atom is -0.508 e. The van der Waals surface area contributed by atoms with Gasteiger partial charge in [0.2, 0.25) is 0 Å². The Kier molecular flexibility index (Phi) is 2.29. The van der Waals surface area contributed by atoms with Crippen LogP contribution in [0, 0.1) is 0 Å². The fourth-order valence-corrected chi connectivity index (χ4v) is 2.54. The van der Waals surface area contributed by atoms with Gasteiger partial charge in [-0.3, -0.25) is 0 Å². The number of nitrogens with two attached hydrogens (primary N) is 1.